The number of aliphatic carboxylic acids is 1. The summed E-state index contributed by atoms with van der Waals surface area (Å²) < 4.78 is 0. The van der Waals surface area contributed by atoms with Crippen molar-refractivity contribution >= 4 is 12.0 Å². The molecule has 2 aromatic rings. The van der Waals surface area contributed by atoms with Crippen LogP contribution in [0.3, 0.4) is 0 Å². The third kappa shape index (κ3) is 3.32. The molecule has 0 atom stereocenters. The molecule has 0 spiro atoms. The third-order valence-electron chi connectivity index (χ3n) is 3.07. The van der Waals surface area contributed by atoms with Crippen LogP contribution in [0.15, 0.2) is 55.1 Å². The molecule has 0 amide bonds. The highest BCUT2D eigenvalue weighted by Gasteiger charge is 2.03. The Morgan fingerprint density at radius 3 is 2.42 bits per heavy atom. The molecule has 0 aliphatic carbocycles. The van der Waals surface area contributed by atoms with Crippen LogP contribution in [0, 0.1) is 0 Å². The van der Waals surface area contributed by atoms with Crippen molar-refractivity contribution in [1.82, 2.24) is 0 Å². The molecule has 0 aliphatic rings. The second-order valence-electron chi connectivity index (χ2n) is 4.38. The fourth-order valence-corrected chi connectivity index (χ4v) is 2.04. The van der Waals surface area contributed by atoms with Gasteiger partial charge in [0.1, 0.15) is 0 Å². The van der Waals surface area contributed by atoms with Crippen molar-refractivity contribution in [3.05, 3.63) is 66.2 Å². The number of carboxylic acid groups (broad SMARTS) is 1. The van der Waals surface area contributed by atoms with Gasteiger partial charge in [0.05, 0.1) is 0 Å². The molecule has 2 aromatic carbocycles. The summed E-state index contributed by atoms with van der Waals surface area (Å²) in [5.41, 5.74) is 4.40. The minimum atomic E-state index is -0.763. The molecule has 2 heteroatoms. The highest BCUT2D eigenvalue weighted by molar-refractivity contribution is 5.74. The molecular formula is C17H16O2. The average Bonchev–Trinajstić information content (AvgIpc) is 2.45. The lowest BCUT2D eigenvalue weighted by molar-refractivity contribution is -0.136. The molecule has 1 N–H and O–H groups in total. The van der Waals surface area contributed by atoms with Gasteiger partial charge in [0.25, 0.3) is 0 Å². The number of rotatable bonds is 5. The molecule has 0 aromatic heterocycles. The van der Waals surface area contributed by atoms with Crippen molar-refractivity contribution < 1.29 is 9.90 Å². The summed E-state index contributed by atoms with van der Waals surface area (Å²) in [6.45, 7) is 3.82. The van der Waals surface area contributed by atoms with Crippen LogP contribution in [-0.2, 0) is 11.2 Å². The average molecular weight is 252 g/mol. The van der Waals surface area contributed by atoms with E-state index in [1.165, 1.54) is 0 Å². The van der Waals surface area contributed by atoms with Crippen LogP contribution in [0.5, 0.6) is 0 Å². The molecule has 19 heavy (non-hydrogen) atoms. The monoisotopic (exact) mass is 252 g/mol. The number of aryl methyl sites for hydroxylation is 1. The Balaban J connectivity index is 2.22. The van der Waals surface area contributed by atoms with Gasteiger partial charge in [0, 0.05) is 6.42 Å². The molecule has 0 bridgehead atoms. The van der Waals surface area contributed by atoms with Crippen LogP contribution in [0.4, 0.5) is 0 Å². The van der Waals surface area contributed by atoms with E-state index in [4.69, 9.17) is 5.11 Å². The fourth-order valence-electron chi connectivity index (χ4n) is 2.04. The predicted octanol–water partition coefficient (Wildman–Crippen LogP) is 4.01. The van der Waals surface area contributed by atoms with Crippen LogP contribution in [0.25, 0.3) is 17.2 Å². The Morgan fingerprint density at radius 2 is 1.79 bits per heavy atom. The maximum absolute atomic E-state index is 10.5. The van der Waals surface area contributed by atoms with Gasteiger partial charge in [-0.3, -0.25) is 4.79 Å². The predicted molar refractivity (Wildman–Crippen MR) is 77.9 cm³/mol. The van der Waals surface area contributed by atoms with Gasteiger partial charge in [-0.25, -0.2) is 0 Å². The minimum absolute atomic E-state index is 0.169. The van der Waals surface area contributed by atoms with Crippen LogP contribution >= 0.6 is 0 Å². The zero-order valence-electron chi connectivity index (χ0n) is 10.7. The second-order valence-corrected chi connectivity index (χ2v) is 4.38. The SMILES string of the molecule is C=Cc1ccccc1-c1ccc(CCC(=O)O)cc1. The topological polar surface area (TPSA) is 37.3 Å². The normalized spacial score (nSPS) is 10.1. The van der Waals surface area contributed by atoms with E-state index in [-0.39, 0.29) is 6.42 Å². The molecule has 0 saturated heterocycles. The highest BCUT2D eigenvalue weighted by atomic mass is 16.4. The molecule has 0 heterocycles. The summed E-state index contributed by atoms with van der Waals surface area (Å²) in [6.07, 6.45) is 2.58. The summed E-state index contributed by atoms with van der Waals surface area (Å²) in [6, 6.07) is 16.1. The first-order valence-electron chi connectivity index (χ1n) is 6.23. The minimum Gasteiger partial charge on any atom is -0.481 e. The van der Waals surface area contributed by atoms with Crippen molar-refractivity contribution in [2.75, 3.05) is 0 Å². The Labute approximate surface area is 113 Å². The van der Waals surface area contributed by atoms with E-state index in [0.717, 1.165) is 22.3 Å². The van der Waals surface area contributed by atoms with Crippen LogP contribution in [0.2, 0.25) is 0 Å². The van der Waals surface area contributed by atoms with Gasteiger partial charge in [-0.2, -0.15) is 0 Å². The van der Waals surface area contributed by atoms with Gasteiger partial charge in [-0.05, 0) is 28.7 Å². The lowest BCUT2D eigenvalue weighted by Gasteiger charge is -2.07. The van der Waals surface area contributed by atoms with Gasteiger partial charge in [0.15, 0.2) is 0 Å². The summed E-state index contributed by atoms with van der Waals surface area (Å²) in [5, 5.41) is 8.66. The molecule has 0 aliphatic heterocycles. The Morgan fingerprint density at radius 1 is 1.11 bits per heavy atom. The Kier molecular flexibility index (Phi) is 4.14. The van der Waals surface area contributed by atoms with Crippen molar-refractivity contribution in [3.8, 4) is 11.1 Å². The standard InChI is InChI=1S/C17H16O2/c1-2-14-5-3-4-6-16(14)15-10-7-13(8-11-15)9-12-17(18)19/h2-8,10-11H,1,9,12H2,(H,18,19). The van der Waals surface area contributed by atoms with Crippen molar-refractivity contribution in [2.24, 2.45) is 0 Å². The van der Waals surface area contributed by atoms with E-state index in [1.54, 1.807) is 0 Å². The summed E-state index contributed by atoms with van der Waals surface area (Å²) in [4.78, 5) is 10.5. The summed E-state index contributed by atoms with van der Waals surface area (Å²) in [7, 11) is 0. The maximum atomic E-state index is 10.5. The molecule has 0 unspecified atom stereocenters. The number of benzene rings is 2. The van der Waals surface area contributed by atoms with Gasteiger partial charge in [0.2, 0.25) is 0 Å². The number of hydrogen-bond acceptors (Lipinski definition) is 1. The highest BCUT2D eigenvalue weighted by Crippen LogP contribution is 2.24. The first-order valence-corrected chi connectivity index (χ1v) is 6.23. The molecule has 0 saturated carbocycles. The number of carboxylic acids is 1. The maximum Gasteiger partial charge on any atom is 0.303 e. The quantitative estimate of drug-likeness (QED) is 0.872. The van der Waals surface area contributed by atoms with E-state index in [0.29, 0.717) is 6.42 Å². The van der Waals surface area contributed by atoms with E-state index in [1.807, 2.05) is 48.5 Å². The zero-order valence-corrected chi connectivity index (χ0v) is 10.7. The summed E-state index contributed by atoms with van der Waals surface area (Å²) in [5.74, 6) is -0.763. The molecular weight excluding hydrogens is 236 g/mol. The van der Waals surface area contributed by atoms with Crippen LogP contribution in [-0.4, -0.2) is 11.1 Å². The van der Waals surface area contributed by atoms with Crippen molar-refractivity contribution in [3.63, 3.8) is 0 Å². The van der Waals surface area contributed by atoms with E-state index >= 15 is 0 Å². The van der Waals surface area contributed by atoms with E-state index in [2.05, 4.69) is 12.6 Å². The largest absolute Gasteiger partial charge is 0.481 e. The van der Waals surface area contributed by atoms with E-state index in [9.17, 15) is 4.79 Å². The third-order valence-corrected chi connectivity index (χ3v) is 3.07. The first kappa shape index (κ1) is 13.1. The van der Waals surface area contributed by atoms with E-state index < -0.39 is 5.97 Å². The Hall–Kier alpha value is -2.35. The molecule has 0 radical (unpaired) electrons. The number of hydrogen-bond donors (Lipinski definition) is 1. The van der Waals surface area contributed by atoms with Gasteiger partial charge in [-0.15, -0.1) is 0 Å². The second kappa shape index (κ2) is 6.01. The number of carbonyl (C=O) groups is 1. The van der Waals surface area contributed by atoms with Gasteiger partial charge < -0.3 is 5.11 Å². The van der Waals surface area contributed by atoms with Crippen molar-refractivity contribution in [2.45, 2.75) is 12.8 Å². The molecule has 0 fully saturated rings. The van der Waals surface area contributed by atoms with Gasteiger partial charge in [-0.1, -0.05) is 61.2 Å². The van der Waals surface area contributed by atoms with Crippen molar-refractivity contribution in [1.29, 1.82) is 0 Å². The van der Waals surface area contributed by atoms with Crippen LogP contribution in [0.1, 0.15) is 17.5 Å². The Bertz CT molecular complexity index is 582. The molecule has 96 valence electrons. The summed E-state index contributed by atoms with van der Waals surface area (Å²) >= 11 is 0. The van der Waals surface area contributed by atoms with Crippen LogP contribution < -0.4 is 0 Å². The lowest BCUT2D eigenvalue weighted by Crippen LogP contribution is -1.97. The fraction of sp³-hybridized carbons (Fsp3) is 0.118. The smallest absolute Gasteiger partial charge is 0.303 e. The first-order chi connectivity index (χ1) is 9.20. The zero-order chi connectivity index (χ0) is 13.7. The van der Waals surface area contributed by atoms with Gasteiger partial charge >= 0.3 is 5.97 Å². The lowest BCUT2D eigenvalue weighted by atomic mass is 9.98. The molecule has 2 rings (SSSR count). The molecule has 2 nitrogen and oxygen atoms in total.